The zero-order valence-electron chi connectivity index (χ0n) is 11.6. The Bertz CT molecular complexity index is 419. The summed E-state index contributed by atoms with van der Waals surface area (Å²) in [5.74, 6) is -0.533. The fraction of sp³-hybridized carbons (Fsp3) is 0.462. The van der Waals surface area contributed by atoms with Gasteiger partial charge in [0, 0.05) is 31.8 Å². The summed E-state index contributed by atoms with van der Waals surface area (Å²) in [5, 5.41) is 5.48. The van der Waals surface area contributed by atoms with Crippen LogP contribution in [0.2, 0.25) is 0 Å². The molecule has 0 aliphatic rings. The molecule has 1 amide bonds. The number of halogens is 2. The van der Waals surface area contributed by atoms with Crippen LogP contribution in [0, 0.1) is 5.82 Å². The summed E-state index contributed by atoms with van der Waals surface area (Å²) in [4.78, 5) is 11.5. The second kappa shape index (κ2) is 10.4. The van der Waals surface area contributed by atoms with Gasteiger partial charge in [0.05, 0.1) is 6.61 Å². The second-order valence-corrected chi connectivity index (χ2v) is 3.89. The van der Waals surface area contributed by atoms with Crippen molar-refractivity contribution in [2.45, 2.75) is 6.42 Å². The minimum atomic E-state index is -0.512. The van der Waals surface area contributed by atoms with Gasteiger partial charge in [-0.05, 0) is 19.2 Å². The topological polar surface area (TPSA) is 59.6 Å². The van der Waals surface area contributed by atoms with E-state index in [1.54, 1.807) is 20.2 Å². The summed E-state index contributed by atoms with van der Waals surface area (Å²) in [6, 6.07) is 4.32. The number of carbonyl (C=O) groups excluding carboxylic acids is 1. The quantitative estimate of drug-likeness (QED) is 0.719. The Morgan fingerprint density at radius 3 is 2.70 bits per heavy atom. The first-order valence-electron chi connectivity index (χ1n) is 6.03. The highest BCUT2D eigenvalue weighted by Gasteiger charge is 2.07. The first-order chi connectivity index (χ1) is 9.17. The lowest BCUT2D eigenvalue weighted by Gasteiger charge is -2.09. The van der Waals surface area contributed by atoms with Crippen LogP contribution < -0.4 is 15.4 Å². The van der Waals surface area contributed by atoms with Crippen molar-refractivity contribution >= 4 is 24.0 Å². The molecule has 7 heteroatoms. The van der Waals surface area contributed by atoms with Gasteiger partial charge in [-0.1, -0.05) is 0 Å². The van der Waals surface area contributed by atoms with Crippen molar-refractivity contribution in [3.63, 3.8) is 0 Å². The molecule has 1 aromatic carbocycles. The van der Waals surface area contributed by atoms with Gasteiger partial charge in [0.15, 0.2) is 11.6 Å². The van der Waals surface area contributed by atoms with E-state index < -0.39 is 5.82 Å². The molecule has 0 atom stereocenters. The van der Waals surface area contributed by atoms with E-state index in [0.29, 0.717) is 25.3 Å². The molecule has 0 unspecified atom stereocenters. The fourth-order valence-corrected chi connectivity index (χ4v) is 1.39. The third kappa shape index (κ3) is 6.70. The minimum Gasteiger partial charge on any atom is -0.488 e. The van der Waals surface area contributed by atoms with Crippen LogP contribution in [0.3, 0.4) is 0 Å². The van der Waals surface area contributed by atoms with E-state index in [-0.39, 0.29) is 30.7 Å². The van der Waals surface area contributed by atoms with E-state index in [0.717, 1.165) is 0 Å². The van der Waals surface area contributed by atoms with Gasteiger partial charge in [-0.25, -0.2) is 4.39 Å². The maximum atomic E-state index is 13.7. The molecule has 0 aliphatic heterocycles. The summed E-state index contributed by atoms with van der Waals surface area (Å²) in [7, 11) is 3.31. The van der Waals surface area contributed by atoms with Crippen molar-refractivity contribution in [1.29, 1.82) is 0 Å². The predicted octanol–water partition coefficient (Wildman–Crippen LogP) is 1.82. The van der Waals surface area contributed by atoms with Gasteiger partial charge in [-0.2, -0.15) is 0 Å². The Balaban J connectivity index is 0.00000361. The first kappa shape index (κ1) is 18.6. The number of hydrogen-bond acceptors (Lipinski definition) is 4. The van der Waals surface area contributed by atoms with Crippen molar-refractivity contribution in [2.75, 3.05) is 39.2 Å². The molecule has 0 aromatic heterocycles. The number of hydrogen-bond donors (Lipinski definition) is 2. The average molecular weight is 307 g/mol. The molecule has 20 heavy (non-hydrogen) atoms. The molecule has 5 nitrogen and oxygen atoms in total. The highest BCUT2D eigenvalue weighted by atomic mass is 35.5. The Kier molecular flexibility index (Phi) is 9.71. The van der Waals surface area contributed by atoms with E-state index in [9.17, 15) is 9.18 Å². The molecule has 0 heterocycles. The number of nitrogens with one attached hydrogen (secondary N) is 2. The number of carbonyl (C=O) groups is 1. The lowest BCUT2D eigenvalue weighted by Crippen LogP contribution is -2.18. The van der Waals surface area contributed by atoms with Crippen molar-refractivity contribution in [3.05, 3.63) is 24.0 Å². The van der Waals surface area contributed by atoms with Crippen LogP contribution in [0.5, 0.6) is 5.75 Å². The van der Waals surface area contributed by atoms with Gasteiger partial charge < -0.3 is 20.1 Å². The zero-order valence-corrected chi connectivity index (χ0v) is 12.4. The highest BCUT2D eigenvalue weighted by Crippen LogP contribution is 2.21. The number of ether oxygens (including phenoxy) is 2. The number of methoxy groups -OCH3 is 1. The number of amides is 1. The summed E-state index contributed by atoms with van der Waals surface area (Å²) >= 11 is 0. The molecule has 1 rings (SSSR count). The SMILES string of the molecule is CNCCC(=O)Nc1ccc(OCCOC)c(F)c1.Cl. The van der Waals surface area contributed by atoms with Crippen molar-refractivity contribution < 1.29 is 18.7 Å². The van der Waals surface area contributed by atoms with Crippen LogP contribution in [0.1, 0.15) is 6.42 Å². The number of anilines is 1. The highest BCUT2D eigenvalue weighted by molar-refractivity contribution is 5.90. The average Bonchev–Trinajstić information content (AvgIpc) is 2.39. The van der Waals surface area contributed by atoms with E-state index in [1.165, 1.54) is 12.1 Å². The van der Waals surface area contributed by atoms with Gasteiger partial charge in [-0.15, -0.1) is 12.4 Å². The summed E-state index contributed by atoms with van der Waals surface area (Å²) in [6.45, 7) is 1.25. The Labute approximate surface area is 124 Å². The largest absolute Gasteiger partial charge is 0.488 e. The Morgan fingerprint density at radius 1 is 1.35 bits per heavy atom. The van der Waals surface area contributed by atoms with Crippen molar-refractivity contribution in [3.8, 4) is 5.75 Å². The maximum absolute atomic E-state index is 13.7. The van der Waals surface area contributed by atoms with Gasteiger partial charge >= 0.3 is 0 Å². The number of benzene rings is 1. The van der Waals surface area contributed by atoms with Gasteiger partial charge in [0.1, 0.15) is 6.61 Å². The summed E-state index contributed by atoms with van der Waals surface area (Å²) < 4.78 is 23.6. The Hall–Kier alpha value is -1.37. The van der Waals surface area contributed by atoms with Crippen molar-refractivity contribution in [1.82, 2.24) is 5.32 Å². The minimum absolute atomic E-state index is 0. The predicted molar refractivity (Wildman–Crippen MR) is 78.2 cm³/mol. The molecular formula is C13H20ClFN2O3. The van der Waals surface area contributed by atoms with E-state index in [4.69, 9.17) is 9.47 Å². The van der Waals surface area contributed by atoms with E-state index in [2.05, 4.69) is 10.6 Å². The van der Waals surface area contributed by atoms with E-state index in [1.807, 2.05) is 0 Å². The van der Waals surface area contributed by atoms with Crippen LogP contribution in [0.15, 0.2) is 18.2 Å². The van der Waals surface area contributed by atoms with Crippen LogP contribution in [0.4, 0.5) is 10.1 Å². The molecular weight excluding hydrogens is 287 g/mol. The van der Waals surface area contributed by atoms with Crippen LogP contribution in [0.25, 0.3) is 0 Å². The van der Waals surface area contributed by atoms with Gasteiger partial charge in [0.2, 0.25) is 5.91 Å². The molecule has 0 aliphatic carbocycles. The number of rotatable bonds is 8. The second-order valence-electron chi connectivity index (χ2n) is 3.89. The fourth-order valence-electron chi connectivity index (χ4n) is 1.39. The smallest absolute Gasteiger partial charge is 0.225 e. The summed E-state index contributed by atoms with van der Waals surface area (Å²) in [5.41, 5.74) is 0.415. The zero-order chi connectivity index (χ0) is 14.1. The van der Waals surface area contributed by atoms with E-state index >= 15 is 0 Å². The van der Waals surface area contributed by atoms with Crippen molar-refractivity contribution in [2.24, 2.45) is 0 Å². The molecule has 0 bridgehead atoms. The lowest BCUT2D eigenvalue weighted by atomic mass is 10.2. The molecule has 2 N–H and O–H groups in total. The van der Waals surface area contributed by atoms with Crippen LogP contribution >= 0.6 is 12.4 Å². The Morgan fingerprint density at radius 2 is 2.10 bits per heavy atom. The van der Waals surface area contributed by atoms with Crippen LogP contribution in [-0.4, -0.2) is 39.8 Å². The van der Waals surface area contributed by atoms with Crippen LogP contribution in [-0.2, 0) is 9.53 Å². The summed E-state index contributed by atoms with van der Waals surface area (Å²) in [6.07, 6.45) is 0.338. The normalized spacial score (nSPS) is 9.75. The lowest BCUT2D eigenvalue weighted by molar-refractivity contribution is -0.116. The molecule has 0 spiro atoms. The maximum Gasteiger partial charge on any atom is 0.225 e. The molecule has 0 saturated carbocycles. The third-order valence-electron chi connectivity index (χ3n) is 2.36. The standard InChI is InChI=1S/C13H19FN2O3.ClH/c1-15-6-5-13(17)16-10-3-4-12(11(14)9-10)19-8-7-18-2;/h3-4,9,15H,5-8H2,1-2H3,(H,16,17);1H. The molecule has 0 fully saturated rings. The molecule has 0 saturated heterocycles. The monoisotopic (exact) mass is 306 g/mol. The molecule has 114 valence electrons. The van der Waals surface area contributed by atoms with Gasteiger partial charge in [0.25, 0.3) is 0 Å². The molecule has 1 aromatic rings. The third-order valence-corrected chi connectivity index (χ3v) is 2.36. The molecule has 0 radical (unpaired) electrons. The van der Waals surface area contributed by atoms with Gasteiger partial charge in [-0.3, -0.25) is 4.79 Å². The first-order valence-corrected chi connectivity index (χ1v) is 6.03.